The average Bonchev–Trinajstić information content (AvgIpc) is 2.34. The van der Waals surface area contributed by atoms with Crippen molar-refractivity contribution >= 4 is 11.6 Å². The highest BCUT2D eigenvalue weighted by atomic mass is 35.5. The maximum absolute atomic E-state index is 12.6. The van der Waals surface area contributed by atoms with Crippen LogP contribution in [0.15, 0.2) is 24.3 Å². The fraction of sp³-hybridized carbons (Fsp3) is 0.571. The molecule has 1 aromatic rings. The summed E-state index contributed by atoms with van der Waals surface area (Å²) in [4.78, 5) is 0. The number of rotatable bonds is 6. The Labute approximate surface area is 122 Å². The van der Waals surface area contributed by atoms with Gasteiger partial charge in [0.2, 0.25) is 0 Å². The predicted octanol–water partition coefficient (Wildman–Crippen LogP) is 4.35. The minimum absolute atomic E-state index is 0.162. The van der Waals surface area contributed by atoms with Crippen LogP contribution in [0.2, 0.25) is 5.02 Å². The Morgan fingerprint density at radius 3 is 2.15 bits per heavy atom. The summed E-state index contributed by atoms with van der Waals surface area (Å²) in [6.45, 7) is 5.16. The summed E-state index contributed by atoms with van der Waals surface area (Å²) in [5, 5.41) is 3.63. The molecule has 114 valence electrons. The number of benzene rings is 1. The molecule has 2 atom stereocenters. The van der Waals surface area contributed by atoms with E-state index in [1.807, 2.05) is 13.8 Å². The van der Waals surface area contributed by atoms with Crippen LogP contribution < -0.4 is 5.32 Å². The number of halogens is 4. The standard InChI is InChI=1S/C14H19ClF3NO/c1-9(2)19-8-13(20-10(3)14(16,17)18)11-4-6-12(15)7-5-11/h4-7,9-10,13,19H,8H2,1-3H3. The Hall–Kier alpha value is -0.780. The van der Waals surface area contributed by atoms with Crippen molar-refractivity contribution in [3.63, 3.8) is 0 Å². The van der Waals surface area contributed by atoms with E-state index >= 15 is 0 Å². The zero-order chi connectivity index (χ0) is 15.3. The molecule has 0 heterocycles. The van der Waals surface area contributed by atoms with Gasteiger partial charge < -0.3 is 10.1 Å². The Balaban J connectivity index is 2.82. The van der Waals surface area contributed by atoms with Crippen LogP contribution in [0, 0.1) is 0 Å². The number of ether oxygens (including phenoxy) is 1. The van der Waals surface area contributed by atoms with Crippen molar-refractivity contribution in [1.29, 1.82) is 0 Å². The molecule has 0 bridgehead atoms. The average molecular weight is 310 g/mol. The lowest BCUT2D eigenvalue weighted by atomic mass is 10.1. The molecular weight excluding hydrogens is 291 g/mol. The van der Waals surface area contributed by atoms with Crippen LogP contribution in [0.3, 0.4) is 0 Å². The summed E-state index contributed by atoms with van der Waals surface area (Å²) in [7, 11) is 0. The van der Waals surface area contributed by atoms with Crippen LogP contribution in [-0.4, -0.2) is 24.9 Å². The molecule has 2 nitrogen and oxygen atoms in total. The van der Waals surface area contributed by atoms with Crippen LogP contribution in [0.4, 0.5) is 13.2 Å². The van der Waals surface area contributed by atoms with Crippen molar-refractivity contribution in [2.24, 2.45) is 0 Å². The number of hydrogen-bond donors (Lipinski definition) is 1. The third-order valence-corrected chi connectivity index (χ3v) is 3.03. The van der Waals surface area contributed by atoms with Crippen molar-refractivity contribution in [1.82, 2.24) is 5.32 Å². The normalized spacial score (nSPS) is 15.4. The van der Waals surface area contributed by atoms with Gasteiger partial charge in [-0.05, 0) is 24.6 Å². The van der Waals surface area contributed by atoms with Crippen LogP contribution in [-0.2, 0) is 4.74 Å². The van der Waals surface area contributed by atoms with Gasteiger partial charge in [0.15, 0.2) is 6.10 Å². The lowest BCUT2D eigenvalue weighted by Gasteiger charge is -2.25. The molecule has 0 saturated carbocycles. The molecule has 20 heavy (non-hydrogen) atoms. The quantitative estimate of drug-likeness (QED) is 0.843. The van der Waals surface area contributed by atoms with E-state index in [-0.39, 0.29) is 6.04 Å². The first-order valence-electron chi connectivity index (χ1n) is 6.41. The predicted molar refractivity (Wildman–Crippen MR) is 73.9 cm³/mol. The van der Waals surface area contributed by atoms with E-state index in [1.54, 1.807) is 24.3 Å². The number of alkyl halides is 3. The van der Waals surface area contributed by atoms with Crippen molar-refractivity contribution in [3.05, 3.63) is 34.9 Å². The molecule has 2 unspecified atom stereocenters. The van der Waals surface area contributed by atoms with E-state index in [1.165, 1.54) is 0 Å². The van der Waals surface area contributed by atoms with Crippen molar-refractivity contribution in [2.45, 2.75) is 45.2 Å². The molecule has 0 aliphatic heterocycles. The van der Waals surface area contributed by atoms with Crippen molar-refractivity contribution < 1.29 is 17.9 Å². The van der Waals surface area contributed by atoms with Gasteiger partial charge in [-0.15, -0.1) is 0 Å². The van der Waals surface area contributed by atoms with E-state index in [0.717, 1.165) is 6.92 Å². The Kier molecular flexibility index (Phi) is 6.30. The van der Waals surface area contributed by atoms with Gasteiger partial charge in [0, 0.05) is 17.6 Å². The van der Waals surface area contributed by atoms with Crippen molar-refractivity contribution in [2.75, 3.05) is 6.54 Å². The molecule has 1 rings (SSSR count). The van der Waals surface area contributed by atoms with Gasteiger partial charge in [0.05, 0.1) is 6.10 Å². The highest BCUT2D eigenvalue weighted by Gasteiger charge is 2.38. The van der Waals surface area contributed by atoms with Gasteiger partial charge >= 0.3 is 6.18 Å². The van der Waals surface area contributed by atoms with E-state index < -0.39 is 18.4 Å². The molecule has 0 aliphatic carbocycles. The highest BCUT2D eigenvalue weighted by Crippen LogP contribution is 2.28. The second-order valence-corrected chi connectivity index (χ2v) is 5.36. The summed E-state index contributed by atoms with van der Waals surface area (Å²) in [6, 6.07) is 6.80. The fourth-order valence-electron chi connectivity index (χ4n) is 1.59. The van der Waals surface area contributed by atoms with Gasteiger partial charge in [-0.1, -0.05) is 37.6 Å². The molecular formula is C14H19ClF3NO. The third kappa shape index (κ3) is 5.69. The van der Waals surface area contributed by atoms with E-state index in [2.05, 4.69) is 5.32 Å². The Morgan fingerprint density at radius 2 is 1.70 bits per heavy atom. The molecule has 0 saturated heterocycles. The first-order chi connectivity index (χ1) is 9.20. The third-order valence-electron chi connectivity index (χ3n) is 2.78. The first kappa shape index (κ1) is 17.3. The largest absolute Gasteiger partial charge is 0.414 e. The van der Waals surface area contributed by atoms with Crippen LogP contribution in [0.25, 0.3) is 0 Å². The molecule has 1 aromatic carbocycles. The van der Waals surface area contributed by atoms with Crippen LogP contribution in [0.5, 0.6) is 0 Å². The molecule has 0 amide bonds. The first-order valence-corrected chi connectivity index (χ1v) is 6.79. The van der Waals surface area contributed by atoms with E-state index in [4.69, 9.17) is 16.3 Å². The lowest BCUT2D eigenvalue weighted by Crippen LogP contribution is -2.35. The minimum Gasteiger partial charge on any atom is -0.360 e. The van der Waals surface area contributed by atoms with Crippen LogP contribution in [0.1, 0.15) is 32.4 Å². The molecule has 0 radical (unpaired) electrons. The van der Waals surface area contributed by atoms with Crippen molar-refractivity contribution in [3.8, 4) is 0 Å². The number of hydrogen-bond acceptors (Lipinski definition) is 2. The molecule has 0 fully saturated rings. The summed E-state index contributed by atoms with van der Waals surface area (Å²) < 4.78 is 43.0. The summed E-state index contributed by atoms with van der Waals surface area (Å²) >= 11 is 5.79. The summed E-state index contributed by atoms with van der Waals surface area (Å²) in [6.07, 6.45) is -6.87. The van der Waals surface area contributed by atoms with Gasteiger partial charge in [-0.2, -0.15) is 13.2 Å². The summed E-state index contributed by atoms with van der Waals surface area (Å²) in [5.41, 5.74) is 0.665. The second-order valence-electron chi connectivity index (χ2n) is 4.92. The molecule has 0 aliphatic rings. The monoisotopic (exact) mass is 309 g/mol. The van der Waals surface area contributed by atoms with Gasteiger partial charge in [-0.25, -0.2) is 0 Å². The van der Waals surface area contributed by atoms with Gasteiger partial charge in [-0.3, -0.25) is 0 Å². The SMILES string of the molecule is CC(C)NCC(OC(C)C(F)(F)F)c1ccc(Cl)cc1. The maximum Gasteiger partial charge on any atom is 0.414 e. The van der Waals surface area contributed by atoms with Gasteiger partial charge in [0.1, 0.15) is 0 Å². The molecule has 1 N–H and O–H groups in total. The highest BCUT2D eigenvalue weighted by molar-refractivity contribution is 6.30. The fourth-order valence-corrected chi connectivity index (χ4v) is 1.71. The van der Waals surface area contributed by atoms with E-state index in [0.29, 0.717) is 17.1 Å². The summed E-state index contributed by atoms with van der Waals surface area (Å²) in [5.74, 6) is 0. The Morgan fingerprint density at radius 1 is 1.15 bits per heavy atom. The molecule has 6 heteroatoms. The molecule has 0 aromatic heterocycles. The van der Waals surface area contributed by atoms with Crippen LogP contribution >= 0.6 is 11.6 Å². The molecule has 0 spiro atoms. The van der Waals surface area contributed by atoms with Gasteiger partial charge in [0.25, 0.3) is 0 Å². The lowest BCUT2D eigenvalue weighted by molar-refractivity contribution is -0.227. The topological polar surface area (TPSA) is 21.3 Å². The number of nitrogens with one attached hydrogen (secondary N) is 1. The second kappa shape index (κ2) is 7.29. The minimum atomic E-state index is -4.37. The maximum atomic E-state index is 12.6. The zero-order valence-electron chi connectivity index (χ0n) is 11.7. The zero-order valence-corrected chi connectivity index (χ0v) is 12.4. The Bertz CT molecular complexity index is 406. The smallest absolute Gasteiger partial charge is 0.360 e. The van der Waals surface area contributed by atoms with E-state index in [9.17, 15) is 13.2 Å².